The van der Waals surface area contributed by atoms with Crippen molar-refractivity contribution in [2.24, 2.45) is 0 Å². The molecule has 1 aliphatic rings. The van der Waals surface area contributed by atoms with E-state index in [1.54, 1.807) is 6.08 Å². The Bertz CT molecular complexity index is 156. The predicted octanol–water partition coefficient (Wildman–Crippen LogP) is 0.525. The van der Waals surface area contributed by atoms with E-state index < -0.39 is 21.0 Å². The smallest absolute Gasteiger partial charge is 0.0979 e. The first kappa shape index (κ1) is 8.97. The zero-order valence-corrected chi connectivity index (χ0v) is 8.22. The van der Waals surface area contributed by atoms with Gasteiger partial charge in [-0.05, 0) is 12.0 Å². The molecule has 0 radical (unpaired) electrons. The van der Waals surface area contributed by atoms with Crippen LogP contribution in [0.1, 0.15) is 6.42 Å². The molecule has 1 rings (SSSR count). The molecular formula is C8H16O2Si. The van der Waals surface area contributed by atoms with Crippen molar-refractivity contribution >= 4 is 8.80 Å². The normalized spacial score (nSPS) is 38.1. The van der Waals surface area contributed by atoms with Crippen LogP contribution in [-0.4, -0.2) is 31.2 Å². The van der Waals surface area contributed by atoms with Gasteiger partial charge in [0.1, 0.15) is 0 Å². The summed E-state index contributed by atoms with van der Waals surface area (Å²) >= 11 is 0. The van der Waals surface area contributed by atoms with Gasteiger partial charge in [-0.25, -0.2) is 0 Å². The summed E-state index contributed by atoms with van der Waals surface area (Å²) in [6.07, 6.45) is 3.49. The number of aliphatic hydroxyl groups is 2. The van der Waals surface area contributed by atoms with Crippen molar-refractivity contribution in [1.82, 2.24) is 0 Å². The summed E-state index contributed by atoms with van der Waals surface area (Å²) in [4.78, 5) is 0. The molecule has 2 nitrogen and oxygen atoms in total. The Morgan fingerprint density at radius 1 is 1.36 bits per heavy atom. The second-order valence-electron chi connectivity index (χ2n) is 3.55. The van der Waals surface area contributed by atoms with Crippen LogP contribution in [0.3, 0.4) is 0 Å². The second-order valence-corrected chi connectivity index (χ2v) is 6.90. The number of hydrogen-bond donors (Lipinski definition) is 2. The minimum atomic E-state index is -0.809. The summed E-state index contributed by atoms with van der Waals surface area (Å²) < 4.78 is 0. The number of hydrogen-bond acceptors (Lipinski definition) is 2. The van der Waals surface area contributed by atoms with E-state index in [2.05, 4.69) is 13.1 Å². The van der Waals surface area contributed by atoms with Gasteiger partial charge in [-0.2, -0.15) is 0 Å². The van der Waals surface area contributed by atoms with Gasteiger partial charge in [0.15, 0.2) is 0 Å². The first-order valence-corrected chi connectivity index (χ1v) is 7.13. The lowest BCUT2D eigenvalue weighted by Gasteiger charge is -2.30. The van der Waals surface area contributed by atoms with Crippen LogP contribution in [-0.2, 0) is 0 Å². The van der Waals surface area contributed by atoms with Crippen molar-refractivity contribution in [2.45, 2.75) is 37.3 Å². The quantitative estimate of drug-likeness (QED) is 0.447. The SMILES string of the molecule is C[SiH](C)C1CC=C[C@H](O)[C@@H]1O. The minimum Gasteiger partial charge on any atom is -0.390 e. The van der Waals surface area contributed by atoms with Gasteiger partial charge in [-0.1, -0.05) is 25.2 Å². The van der Waals surface area contributed by atoms with Crippen molar-refractivity contribution in [3.8, 4) is 0 Å². The number of rotatable bonds is 1. The molecule has 3 heteroatoms. The third kappa shape index (κ3) is 1.92. The summed E-state index contributed by atoms with van der Waals surface area (Å²) in [5, 5.41) is 18.8. The first-order valence-electron chi connectivity index (χ1n) is 4.15. The van der Waals surface area contributed by atoms with E-state index in [1.165, 1.54) is 0 Å². The molecule has 11 heavy (non-hydrogen) atoms. The minimum absolute atomic E-state index is 0.356. The Labute approximate surface area is 69.2 Å². The van der Waals surface area contributed by atoms with Gasteiger partial charge in [0, 0.05) is 8.80 Å². The fraction of sp³-hybridized carbons (Fsp3) is 0.750. The molecule has 0 heterocycles. The molecule has 0 bridgehead atoms. The van der Waals surface area contributed by atoms with Gasteiger partial charge in [-0.15, -0.1) is 0 Å². The van der Waals surface area contributed by atoms with Crippen molar-refractivity contribution in [2.75, 3.05) is 0 Å². The lowest BCUT2D eigenvalue weighted by molar-refractivity contribution is 0.0383. The first-order chi connectivity index (χ1) is 5.13. The Hall–Kier alpha value is -0.123. The van der Waals surface area contributed by atoms with Crippen LogP contribution in [0.4, 0.5) is 0 Å². The molecule has 3 atom stereocenters. The third-order valence-corrected chi connectivity index (χ3v) is 4.77. The molecular weight excluding hydrogens is 156 g/mol. The van der Waals surface area contributed by atoms with Gasteiger partial charge >= 0.3 is 0 Å². The van der Waals surface area contributed by atoms with Gasteiger partial charge in [-0.3, -0.25) is 0 Å². The molecule has 2 N–H and O–H groups in total. The van der Waals surface area contributed by atoms with Gasteiger partial charge in [0.2, 0.25) is 0 Å². The van der Waals surface area contributed by atoms with E-state index in [-0.39, 0.29) is 0 Å². The zero-order valence-electron chi connectivity index (χ0n) is 7.07. The molecule has 64 valence electrons. The fourth-order valence-electron chi connectivity index (χ4n) is 1.55. The standard InChI is InChI=1S/C8H16O2Si/c1-11(2)7-5-3-4-6(9)8(7)10/h3-4,6-11H,5H2,1-2H3/t6-,7?,8-/m0/s1. The van der Waals surface area contributed by atoms with Crippen molar-refractivity contribution < 1.29 is 10.2 Å². The molecule has 1 aliphatic carbocycles. The molecule has 0 aromatic rings. The highest BCUT2D eigenvalue weighted by atomic mass is 28.3. The molecule has 0 aliphatic heterocycles. The van der Waals surface area contributed by atoms with E-state index in [1.807, 2.05) is 6.08 Å². The Morgan fingerprint density at radius 3 is 2.45 bits per heavy atom. The molecule has 0 saturated heterocycles. The lowest BCUT2D eigenvalue weighted by atomic mass is 10.0. The topological polar surface area (TPSA) is 40.5 Å². The molecule has 0 aromatic carbocycles. The fourth-order valence-corrected chi connectivity index (χ4v) is 3.27. The van der Waals surface area contributed by atoms with Crippen LogP contribution in [0.15, 0.2) is 12.2 Å². The monoisotopic (exact) mass is 172 g/mol. The summed E-state index contributed by atoms with van der Waals surface area (Å²) in [6, 6.07) is 0. The number of allylic oxidation sites excluding steroid dienone is 1. The molecule has 0 fully saturated rings. The van der Waals surface area contributed by atoms with Crippen LogP contribution in [0.2, 0.25) is 18.6 Å². The highest BCUT2D eigenvalue weighted by molar-refractivity contribution is 6.57. The largest absolute Gasteiger partial charge is 0.390 e. The van der Waals surface area contributed by atoms with Crippen molar-refractivity contribution in [3.05, 3.63) is 12.2 Å². The highest BCUT2D eigenvalue weighted by Crippen LogP contribution is 2.27. The van der Waals surface area contributed by atoms with Gasteiger partial charge in [0.25, 0.3) is 0 Å². The highest BCUT2D eigenvalue weighted by Gasteiger charge is 2.29. The van der Waals surface area contributed by atoms with Crippen LogP contribution in [0.5, 0.6) is 0 Å². The molecule has 0 spiro atoms. The summed E-state index contributed by atoms with van der Waals surface area (Å²) in [6.45, 7) is 4.42. The van der Waals surface area contributed by atoms with E-state index in [0.717, 1.165) is 6.42 Å². The molecule has 0 aromatic heterocycles. The summed E-state index contributed by atoms with van der Waals surface area (Å²) in [5.41, 5.74) is 0.356. The Kier molecular flexibility index (Phi) is 2.87. The Morgan fingerprint density at radius 2 is 2.00 bits per heavy atom. The van der Waals surface area contributed by atoms with Gasteiger partial charge < -0.3 is 10.2 Å². The molecule has 0 saturated carbocycles. The van der Waals surface area contributed by atoms with E-state index in [9.17, 15) is 10.2 Å². The maximum absolute atomic E-state index is 9.54. The van der Waals surface area contributed by atoms with Crippen LogP contribution in [0.25, 0.3) is 0 Å². The van der Waals surface area contributed by atoms with Gasteiger partial charge in [0.05, 0.1) is 12.2 Å². The Balaban J connectivity index is 2.62. The number of aliphatic hydroxyl groups excluding tert-OH is 2. The van der Waals surface area contributed by atoms with Crippen LogP contribution in [0, 0.1) is 0 Å². The van der Waals surface area contributed by atoms with E-state index >= 15 is 0 Å². The van der Waals surface area contributed by atoms with Crippen LogP contribution < -0.4 is 0 Å². The van der Waals surface area contributed by atoms with Crippen molar-refractivity contribution in [1.29, 1.82) is 0 Å². The van der Waals surface area contributed by atoms with E-state index in [0.29, 0.717) is 5.54 Å². The van der Waals surface area contributed by atoms with Crippen LogP contribution >= 0.6 is 0 Å². The average molecular weight is 172 g/mol. The zero-order chi connectivity index (χ0) is 8.43. The maximum atomic E-state index is 9.54. The van der Waals surface area contributed by atoms with Crippen molar-refractivity contribution in [3.63, 3.8) is 0 Å². The molecule has 0 amide bonds. The maximum Gasteiger partial charge on any atom is 0.0979 e. The average Bonchev–Trinajstić information content (AvgIpc) is 1.94. The lowest BCUT2D eigenvalue weighted by Crippen LogP contribution is -2.36. The molecule has 1 unspecified atom stereocenters. The van der Waals surface area contributed by atoms with E-state index in [4.69, 9.17) is 0 Å². The summed E-state index contributed by atoms with van der Waals surface area (Å²) in [5.74, 6) is 0. The third-order valence-electron chi connectivity index (χ3n) is 2.39. The second kappa shape index (κ2) is 3.52. The predicted molar refractivity (Wildman–Crippen MR) is 48.4 cm³/mol. The summed E-state index contributed by atoms with van der Waals surface area (Å²) in [7, 11) is -0.809.